The van der Waals surface area contributed by atoms with Gasteiger partial charge < -0.3 is 9.47 Å². The third kappa shape index (κ3) is 3.99. The van der Waals surface area contributed by atoms with Gasteiger partial charge in [-0.3, -0.25) is 0 Å². The van der Waals surface area contributed by atoms with Gasteiger partial charge in [-0.25, -0.2) is 4.79 Å². The molecular weight excluding hydrogens is 288 g/mol. The zero-order valence-corrected chi connectivity index (χ0v) is 12.8. The molecule has 4 heteroatoms. The van der Waals surface area contributed by atoms with Gasteiger partial charge in [0.2, 0.25) is 0 Å². The highest BCUT2D eigenvalue weighted by Crippen LogP contribution is 2.23. The Labute approximate surface area is 129 Å². The van der Waals surface area contributed by atoms with Gasteiger partial charge in [-0.15, -0.1) is 0 Å². The van der Waals surface area contributed by atoms with Crippen LogP contribution in [-0.4, -0.2) is 13.1 Å². The van der Waals surface area contributed by atoms with Gasteiger partial charge in [-0.2, -0.15) is 0 Å². The minimum atomic E-state index is -0.340. The number of rotatable bonds is 5. The third-order valence-corrected chi connectivity index (χ3v) is 3.55. The second kappa shape index (κ2) is 7.14. The SMILES string of the molecule is CCc1cc(OCc2ccc(C(=O)OC)cc2)ccc1Cl. The summed E-state index contributed by atoms with van der Waals surface area (Å²) >= 11 is 6.07. The van der Waals surface area contributed by atoms with Crippen LogP contribution >= 0.6 is 11.6 Å². The van der Waals surface area contributed by atoms with Crippen molar-refractivity contribution in [3.63, 3.8) is 0 Å². The number of carbonyl (C=O) groups excluding carboxylic acids is 1. The minimum absolute atomic E-state index is 0.340. The Morgan fingerprint density at radius 1 is 1.14 bits per heavy atom. The van der Waals surface area contributed by atoms with E-state index in [0.717, 1.165) is 28.3 Å². The molecule has 0 aliphatic carbocycles. The number of hydrogen-bond acceptors (Lipinski definition) is 3. The van der Waals surface area contributed by atoms with Crippen molar-refractivity contribution >= 4 is 17.6 Å². The lowest BCUT2D eigenvalue weighted by Crippen LogP contribution is -2.02. The molecule has 0 spiro atoms. The van der Waals surface area contributed by atoms with Crippen LogP contribution in [0.4, 0.5) is 0 Å². The molecule has 0 aromatic heterocycles. The first-order valence-corrected chi connectivity index (χ1v) is 7.10. The van der Waals surface area contributed by atoms with Crippen molar-refractivity contribution in [2.24, 2.45) is 0 Å². The average Bonchev–Trinajstić information content (AvgIpc) is 2.53. The molecule has 2 aromatic carbocycles. The van der Waals surface area contributed by atoms with E-state index in [2.05, 4.69) is 11.7 Å². The van der Waals surface area contributed by atoms with Crippen molar-refractivity contribution < 1.29 is 14.3 Å². The Bertz CT molecular complexity index is 620. The molecule has 0 saturated carbocycles. The highest BCUT2D eigenvalue weighted by Gasteiger charge is 2.05. The molecule has 0 atom stereocenters. The normalized spacial score (nSPS) is 10.2. The number of halogens is 1. The first-order valence-electron chi connectivity index (χ1n) is 6.72. The maximum absolute atomic E-state index is 11.3. The summed E-state index contributed by atoms with van der Waals surface area (Å²) < 4.78 is 10.4. The first-order chi connectivity index (χ1) is 10.1. The molecule has 0 unspecified atom stereocenters. The largest absolute Gasteiger partial charge is 0.489 e. The molecule has 0 aliphatic rings. The summed E-state index contributed by atoms with van der Waals surface area (Å²) in [5, 5.41) is 0.757. The maximum Gasteiger partial charge on any atom is 0.337 e. The van der Waals surface area contributed by atoms with Crippen molar-refractivity contribution in [2.45, 2.75) is 20.0 Å². The summed E-state index contributed by atoms with van der Waals surface area (Å²) in [6.07, 6.45) is 0.865. The Morgan fingerprint density at radius 3 is 2.48 bits per heavy atom. The molecular formula is C17H17ClO3. The zero-order chi connectivity index (χ0) is 15.2. The number of ether oxygens (including phenoxy) is 2. The zero-order valence-electron chi connectivity index (χ0n) is 12.1. The molecule has 0 radical (unpaired) electrons. The Morgan fingerprint density at radius 2 is 1.86 bits per heavy atom. The molecule has 3 nitrogen and oxygen atoms in total. The van der Waals surface area contributed by atoms with Crippen molar-refractivity contribution in [3.05, 3.63) is 64.2 Å². The fourth-order valence-corrected chi connectivity index (χ4v) is 2.18. The van der Waals surface area contributed by atoms with Crippen LogP contribution in [0, 0.1) is 0 Å². The van der Waals surface area contributed by atoms with E-state index in [1.54, 1.807) is 12.1 Å². The lowest BCUT2D eigenvalue weighted by Gasteiger charge is -2.09. The number of hydrogen-bond donors (Lipinski definition) is 0. The lowest BCUT2D eigenvalue weighted by atomic mass is 10.1. The van der Waals surface area contributed by atoms with Crippen LogP contribution in [0.5, 0.6) is 5.75 Å². The smallest absolute Gasteiger partial charge is 0.337 e. The Kier molecular flexibility index (Phi) is 5.23. The summed E-state index contributed by atoms with van der Waals surface area (Å²) in [5.74, 6) is 0.445. The molecule has 110 valence electrons. The van der Waals surface area contributed by atoms with E-state index in [1.165, 1.54) is 7.11 Å². The second-order valence-corrected chi connectivity index (χ2v) is 4.99. The van der Waals surface area contributed by atoms with Crippen LogP contribution in [-0.2, 0) is 17.8 Å². The predicted octanol–water partition coefficient (Wildman–Crippen LogP) is 4.27. The van der Waals surface area contributed by atoms with E-state index in [-0.39, 0.29) is 5.97 Å². The highest BCUT2D eigenvalue weighted by atomic mass is 35.5. The number of benzene rings is 2. The maximum atomic E-state index is 11.3. The summed E-state index contributed by atoms with van der Waals surface area (Å²) in [5.41, 5.74) is 2.58. The van der Waals surface area contributed by atoms with E-state index in [9.17, 15) is 4.79 Å². The Hall–Kier alpha value is -2.00. The number of esters is 1. The molecule has 0 heterocycles. The second-order valence-electron chi connectivity index (χ2n) is 4.58. The van der Waals surface area contributed by atoms with Gasteiger partial charge in [0.25, 0.3) is 0 Å². The van der Waals surface area contributed by atoms with Crippen molar-refractivity contribution in [2.75, 3.05) is 7.11 Å². The minimum Gasteiger partial charge on any atom is -0.489 e. The van der Waals surface area contributed by atoms with E-state index < -0.39 is 0 Å². The van der Waals surface area contributed by atoms with Gasteiger partial charge in [0.1, 0.15) is 12.4 Å². The van der Waals surface area contributed by atoms with Gasteiger partial charge in [0, 0.05) is 5.02 Å². The van der Waals surface area contributed by atoms with E-state index in [0.29, 0.717) is 12.2 Å². The molecule has 21 heavy (non-hydrogen) atoms. The quantitative estimate of drug-likeness (QED) is 0.774. The fraction of sp³-hybridized carbons (Fsp3) is 0.235. The molecule has 0 saturated heterocycles. The van der Waals surface area contributed by atoms with Crippen LogP contribution in [0.1, 0.15) is 28.4 Å². The standard InChI is InChI=1S/C17H17ClO3/c1-3-13-10-15(8-9-16(13)18)21-11-12-4-6-14(7-5-12)17(19)20-2/h4-10H,3,11H2,1-2H3. The molecule has 2 aromatic rings. The summed E-state index contributed by atoms with van der Waals surface area (Å²) in [7, 11) is 1.37. The van der Waals surface area contributed by atoms with Crippen LogP contribution in [0.3, 0.4) is 0 Å². The van der Waals surface area contributed by atoms with Gasteiger partial charge in [0.15, 0.2) is 0 Å². The summed E-state index contributed by atoms with van der Waals surface area (Å²) in [6, 6.07) is 12.8. The van der Waals surface area contributed by atoms with Gasteiger partial charge in [-0.1, -0.05) is 30.7 Å². The molecule has 0 N–H and O–H groups in total. The van der Waals surface area contributed by atoms with Crippen molar-refractivity contribution in [1.29, 1.82) is 0 Å². The summed E-state index contributed by atoms with van der Waals surface area (Å²) in [4.78, 5) is 11.3. The van der Waals surface area contributed by atoms with Crippen LogP contribution in [0.15, 0.2) is 42.5 Å². The van der Waals surface area contributed by atoms with E-state index >= 15 is 0 Å². The average molecular weight is 305 g/mol. The molecule has 0 amide bonds. The fourth-order valence-electron chi connectivity index (χ4n) is 1.93. The van der Waals surface area contributed by atoms with Gasteiger partial charge in [0.05, 0.1) is 12.7 Å². The topological polar surface area (TPSA) is 35.5 Å². The van der Waals surface area contributed by atoms with E-state index in [1.807, 2.05) is 30.3 Å². The third-order valence-electron chi connectivity index (χ3n) is 3.18. The number of aryl methyl sites for hydroxylation is 1. The van der Waals surface area contributed by atoms with Crippen LogP contribution < -0.4 is 4.74 Å². The summed E-state index contributed by atoms with van der Waals surface area (Å²) in [6.45, 7) is 2.49. The molecule has 0 bridgehead atoms. The Balaban J connectivity index is 2.01. The predicted molar refractivity (Wildman–Crippen MR) is 82.9 cm³/mol. The van der Waals surface area contributed by atoms with Crippen LogP contribution in [0.25, 0.3) is 0 Å². The molecule has 2 rings (SSSR count). The molecule has 0 aliphatic heterocycles. The van der Waals surface area contributed by atoms with Crippen molar-refractivity contribution in [1.82, 2.24) is 0 Å². The number of methoxy groups -OCH3 is 1. The first kappa shape index (κ1) is 15.4. The lowest BCUT2D eigenvalue weighted by molar-refractivity contribution is 0.0600. The molecule has 0 fully saturated rings. The highest BCUT2D eigenvalue weighted by molar-refractivity contribution is 6.31. The van der Waals surface area contributed by atoms with Gasteiger partial charge >= 0.3 is 5.97 Å². The number of carbonyl (C=O) groups is 1. The van der Waals surface area contributed by atoms with Gasteiger partial charge in [-0.05, 0) is 47.9 Å². The monoisotopic (exact) mass is 304 g/mol. The van der Waals surface area contributed by atoms with Crippen LogP contribution in [0.2, 0.25) is 5.02 Å². The van der Waals surface area contributed by atoms with Crippen molar-refractivity contribution in [3.8, 4) is 5.75 Å². The van der Waals surface area contributed by atoms with E-state index in [4.69, 9.17) is 16.3 Å².